The van der Waals surface area contributed by atoms with Crippen molar-refractivity contribution in [2.24, 2.45) is 0 Å². The largest absolute Gasteiger partial charge is 0.371 e. The lowest BCUT2D eigenvalue weighted by Crippen LogP contribution is -2.30. The van der Waals surface area contributed by atoms with Gasteiger partial charge in [0.2, 0.25) is 17.6 Å². The predicted octanol–water partition coefficient (Wildman–Crippen LogP) is 3.78. The van der Waals surface area contributed by atoms with Crippen molar-refractivity contribution in [2.75, 3.05) is 29.4 Å². The van der Waals surface area contributed by atoms with Gasteiger partial charge < -0.3 is 14.3 Å². The first kappa shape index (κ1) is 17.9. The Labute approximate surface area is 170 Å². The Morgan fingerprint density at radius 1 is 1.10 bits per heavy atom. The van der Waals surface area contributed by atoms with Crippen molar-refractivity contribution in [3.63, 3.8) is 0 Å². The van der Waals surface area contributed by atoms with Crippen molar-refractivity contribution >= 4 is 17.3 Å². The van der Waals surface area contributed by atoms with Crippen LogP contribution in [0.4, 0.5) is 11.4 Å². The quantitative estimate of drug-likeness (QED) is 0.681. The van der Waals surface area contributed by atoms with E-state index in [9.17, 15) is 4.79 Å². The number of amides is 1. The van der Waals surface area contributed by atoms with Crippen LogP contribution in [0.2, 0.25) is 0 Å². The van der Waals surface area contributed by atoms with Crippen LogP contribution in [-0.2, 0) is 17.6 Å². The van der Waals surface area contributed by atoms with Crippen LogP contribution in [0.5, 0.6) is 0 Å². The zero-order valence-electron chi connectivity index (χ0n) is 16.6. The Bertz CT molecular complexity index is 1050. The minimum Gasteiger partial charge on any atom is -0.371 e. The van der Waals surface area contributed by atoms with Gasteiger partial charge in [0, 0.05) is 36.6 Å². The fourth-order valence-corrected chi connectivity index (χ4v) is 4.28. The fourth-order valence-electron chi connectivity index (χ4n) is 4.28. The molecule has 3 aromatic rings. The molecule has 1 saturated heterocycles. The third-order valence-corrected chi connectivity index (χ3v) is 5.89. The number of anilines is 2. The van der Waals surface area contributed by atoms with Crippen molar-refractivity contribution in [3.8, 4) is 11.4 Å². The van der Waals surface area contributed by atoms with E-state index in [0.29, 0.717) is 18.3 Å². The number of aromatic nitrogens is 2. The van der Waals surface area contributed by atoms with Gasteiger partial charge in [-0.25, -0.2) is 0 Å². The van der Waals surface area contributed by atoms with E-state index in [-0.39, 0.29) is 12.3 Å². The number of rotatable bonds is 4. The van der Waals surface area contributed by atoms with E-state index in [0.717, 1.165) is 36.3 Å². The van der Waals surface area contributed by atoms with E-state index in [1.807, 2.05) is 36.1 Å². The van der Waals surface area contributed by atoms with Crippen molar-refractivity contribution in [1.29, 1.82) is 0 Å². The molecule has 6 heteroatoms. The summed E-state index contributed by atoms with van der Waals surface area (Å²) in [4.78, 5) is 21.7. The molecule has 1 amide bonds. The summed E-state index contributed by atoms with van der Waals surface area (Å²) in [6.45, 7) is 4.90. The van der Waals surface area contributed by atoms with Gasteiger partial charge in [-0.3, -0.25) is 4.79 Å². The Morgan fingerprint density at radius 2 is 1.93 bits per heavy atom. The fraction of sp³-hybridized carbons (Fsp3) is 0.348. The number of hydrogen-bond donors (Lipinski definition) is 0. The third-order valence-electron chi connectivity index (χ3n) is 5.89. The second-order valence-electron chi connectivity index (χ2n) is 7.81. The molecular weight excluding hydrogens is 364 g/mol. The van der Waals surface area contributed by atoms with Gasteiger partial charge in [0.1, 0.15) is 6.42 Å². The number of carbonyl (C=O) groups is 1. The number of nitrogens with zero attached hydrogens (tertiary/aromatic N) is 4. The van der Waals surface area contributed by atoms with Gasteiger partial charge in [-0.1, -0.05) is 35.5 Å². The molecule has 2 aliphatic rings. The lowest BCUT2D eigenvalue weighted by molar-refractivity contribution is -0.118. The maximum atomic E-state index is 13.0. The molecule has 0 aliphatic carbocycles. The molecule has 5 rings (SSSR count). The van der Waals surface area contributed by atoms with Gasteiger partial charge >= 0.3 is 0 Å². The number of fused-ring (bicyclic) bond motifs is 1. The van der Waals surface area contributed by atoms with Crippen LogP contribution in [-0.4, -0.2) is 35.7 Å². The predicted molar refractivity (Wildman–Crippen MR) is 112 cm³/mol. The van der Waals surface area contributed by atoms with E-state index in [2.05, 4.69) is 33.2 Å². The van der Waals surface area contributed by atoms with E-state index in [1.54, 1.807) is 0 Å². The zero-order chi connectivity index (χ0) is 19.8. The molecule has 1 aromatic heterocycles. The standard InChI is InChI=1S/C23H24N4O2/c1-16-6-2-3-7-19(16)23-24-21(29-25-23)15-22(28)27-13-10-17-8-9-18(14-20(17)27)26-11-4-5-12-26/h2-3,6-9,14H,4-5,10-13,15H2,1H3. The molecule has 0 spiro atoms. The summed E-state index contributed by atoms with van der Waals surface area (Å²) in [5.74, 6) is 0.892. The van der Waals surface area contributed by atoms with Crippen molar-refractivity contribution < 1.29 is 9.32 Å². The number of carbonyl (C=O) groups excluding carboxylic acids is 1. The van der Waals surface area contributed by atoms with Crippen molar-refractivity contribution in [1.82, 2.24) is 10.1 Å². The molecule has 0 saturated carbocycles. The Hall–Kier alpha value is -3.15. The highest BCUT2D eigenvalue weighted by Gasteiger charge is 2.27. The molecule has 0 unspecified atom stereocenters. The summed E-state index contributed by atoms with van der Waals surface area (Å²) in [6, 6.07) is 14.4. The van der Waals surface area contributed by atoms with Crippen molar-refractivity contribution in [2.45, 2.75) is 32.6 Å². The highest BCUT2D eigenvalue weighted by molar-refractivity contribution is 5.97. The molecular formula is C23H24N4O2. The van der Waals surface area contributed by atoms with Gasteiger partial charge in [0.15, 0.2) is 0 Å². The molecule has 3 heterocycles. The van der Waals surface area contributed by atoms with Crippen LogP contribution in [0.15, 0.2) is 47.0 Å². The Kier molecular flexibility index (Phi) is 4.54. The number of benzene rings is 2. The SMILES string of the molecule is Cc1ccccc1-c1noc(CC(=O)N2CCc3ccc(N4CCCC4)cc32)n1. The van der Waals surface area contributed by atoms with E-state index < -0.39 is 0 Å². The van der Waals surface area contributed by atoms with Crippen LogP contribution in [0, 0.1) is 6.92 Å². The maximum absolute atomic E-state index is 13.0. The zero-order valence-corrected chi connectivity index (χ0v) is 16.6. The van der Waals surface area contributed by atoms with Gasteiger partial charge in [0.25, 0.3) is 0 Å². The molecule has 0 atom stereocenters. The lowest BCUT2D eigenvalue weighted by atomic mass is 10.1. The van der Waals surface area contributed by atoms with Crippen LogP contribution in [0.25, 0.3) is 11.4 Å². The average molecular weight is 388 g/mol. The third kappa shape index (κ3) is 3.39. The molecule has 0 radical (unpaired) electrons. The Balaban J connectivity index is 1.34. The summed E-state index contributed by atoms with van der Waals surface area (Å²) in [5.41, 5.74) is 5.47. The molecule has 148 valence electrons. The van der Waals surface area contributed by atoms with E-state index in [4.69, 9.17) is 4.52 Å². The van der Waals surface area contributed by atoms with E-state index >= 15 is 0 Å². The summed E-state index contributed by atoms with van der Waals surface area (Å²) < 4.78 is 5.38. The summed E-state index contributed by atoms with van der Waals surface area (Å²) in [6.07, 6.45) is 3.48. The first-order valence-electron chi connectivity index (χ1n) is 10.3. The smallest absolute Gasteiger partial charge is 0.236 e. The summed E-state index contributed by atoms with van der Waals surface area (Å²) >= 11 is 0. The first-order valence-corrected chi connectivity index (χ1v) is 10.3. The Morgan fingerprint density at radius 3 is 2.76 bits per heavy atom. The molecule has 29 heavy (non-hydrogen) atoms. The average Bonchev–Trinajstić information content (AvgIpc) is 3.48. The summed E-state index contributed by atoms with van der Waals surface area (Å²) in [5, 5.41) is 4.07. The minimum atomic E-state index is 0.00213. The van der Waals surface area contributed by atoms with Crippen LogP contribution < -0.4 is 9.80 Å². The second kappa shape index (κ2) is 7.35. The van der Waals surface area contributed by atoms with Crippen LogP contribution in [0.3, 0.4) is 0 Å². The minimum absolute atomic E-state index is 0.00213. The van der Waals surface area contributed by atoms with Gasteiger partial charge in [-0.15, -0.1) is 0 Å². The van der Waals surface area contributed by atoms with E-state index in [1.165, 1.54) is 24.1 Å². The van der Waals surface area contributed by atoms with Crippen molar-refractivity contribution in [3.05, 3.63) is 59.5 Å². The molecule has 2 aromatic carbocycles. The molecule has 0 N–H and O–H groups in total. The molecule has 6 nitrogen and oxygen atoms in total. The van der Waals surface area contributed by atoms with Crippen LogP contribution in [0.1, 0.15) is 29.9 Å². The molecule has 0 bridgehead atoms. The second-order valence-corrected chi connectivity index (χ2v) is 7.81. The summed E-state index contributed by atoms with van der Waals surface area (Å²) in [7, 11) is 0. The maximum Gasteiger partial charge on any atom is 0.236 e. The highest BCUT2D eigenvalue weighted by Crippen LogP contribution is 2.33. The van der Waals surface area contributed by atoms with Gasteiger partial charge in [-0.05, 0) is 49.4 Å². The monoisotopic (exact) mass is 388 g/mol. The van der Waals surface area contributed by atoms with Crippen LogP contribution >= 0.6 is 0 Å². The number of aryl methyl sites for hydroxylation is 1. The van der Waals surface area contributed by atoms with Gasteiger partial charge in [0.05, 0.1) is 0 Å². The van der Waals surface area contributed by atoms with Gasteiger partial charge in [-0.2, -0.15) is 4.98 Å². The molecule has 2 aliphatic heterocycles. The topological polar surface area (TPSA) is 62.5 Å². The number of hydrogen-bond acceptors (Lipinski definition) is 5. The first-order chi connectivity index (χ1) is 14.2. The highest BCUT2D eigenvalue weighted by atomic mass is 16.5. The normalized spacial score (nSPS) is 15.8. The molecule has 1 fully saturated rings. The lowest BCUT2D eigenvalue weighted by Gasteiger charge is -2.21.